The Hall–Kier alpha value is -2.14. The number of aromatic nitrogens is 1. The van der Waals surface area contributed by atoms with Crippen LogP contribution < -0.4 is 11.2 Å². The van der Waals surface area contributed by atoms with E-state index in [1.807, 2.05) is 12.1 Å². The first kappa shape index (κ1) is 13.3. The summed E-state index contributed by atoms with van der Waals surface area (Å²) in [7, 11) is 1.73. The molecule has 1 heterocycles. The molecule has 0 saturated heterocycles. The van der Waals surface area contributed by atoms with Crippen molar-refractivity contribution in [3.63, 3.8) is 0 Å². The van der Waals surface area contributed by atoms with E-state index in [0.29, 0.717) is 11.9 Å². The van der Waals surface area contributed by atoms with Crippen molar-refractivity contribution in [2.75, 3.05) is 6.54 Å². The minimum Gasteiger partial charge on any atom is -0.477 e. The molecule has 1 aromatic carbocycles. The Morgan fingerprint density at radius 1 is 1.42 bits per heavy atom. The number of aryl methyl sites for hydroxylation is 2. The van der Waals surface area contributed by atoms with E-state index in [-0.39, 0.29) is 5.56 Å². The monoisotopic (exact) mass is 260 g/mol. The highest BCUT2D eigenvalue weighted by atomic mass is 16.4. The van der Waals surface area contributed by atoms with Gasteiger partial charge in [0.2, 0.25) is 5.43 Å². The lowest BCUT2D eigenvalue weighted by Gasteiger charge is -2.08. The molecule has 0 saturated carbocycles. The average Bonchev–Trinajstić information content (AvgIpc) is 2.40. The van der Waals surface area contributed by atoms with Crippen LogP contribution >= 0.6 is 0 Å². The first-order chi connectivity index (χ1) is 9.04. The summed E-state index contributed by atoms with van der Waals surface area (Å²) in [6.07, 6.45) is 2.98. The Bertz CT molecular complexity index is 689. The summed E-state index contributed by atoms with van der Waals surface area (Å²) in [6.45, 7) is 0.589. The van der Waals surface area contributed by atoms with Gasteiger partial charge in [-0.2, -0.15) is 0 Å². The van der Waals surface area contributed by atoms with E-state index >= 15 is 0 Å². The molecule has 3 N–H and O–H groups in total. The Labute approximate surface area is 110 Å². The standard InChI is InChI=1S/C14H16N2O3/c1-16-8-11(14(18)19)13(17)10-7-9(3-2-6-15)4-5-12(10)16/h4-5,7-8H,2-3,6,15H2,1H3,(H,18,19). The summed E-state index contributed by atoms with van der Waals surface area (Å²) in [5.74, 6) is -1.20. The van der Waals surface area contributed by atoms with Gasteiger partial charge in [0.25, 0.3) is 0 Å². The first-order valence-corrected chi connectivity index (χ1v) is 6.10. The number of carboxylic acid groups (broad SMARTS) is 1. The molecule has 0 unspecified atom stereocenters. The number of carbonyl (C=O) groups is 1. The lowest BCUT2D eigenvalue weighted by molar-refractivity contribution is 0.0695. The number of pyridine rings is 1. The van der Waals surface area contributed by atoms with Crippen molar-refractivity contribution >= 4 is 16.9 Å². The van der Waals surface area contributed by atoms with Gasteiger partial charge in [0.1, 0.15) is 5.56 Å². The van der Waals surface area contributed by atoms with Crippen molar-refractivity contribution in [1.29, 1.82) is 0 Å². The second kappa shape index (κ2) is 5.24. The molecule has 0 bridgehead atoms. The molecule has 1 aromatic heterocycles. The lowest BCUT2D eigenvalue weighted by atomic mass is 10.0. The molecule has 100 valence electrons. The first-order valence-electron chi connectivity index (χ1n) is 6.10. The third kappa shape index (κ3) is 2.51. The van der Waals surface area contributed by atoms with Crippen molar-refractivity contribution in [3.8, 4) is 0 Å². The highest BCUT2D eigenvalue weighted by Crippen LogP contribution is 2.14. The van der Waals surface area contributed by atoms with Gasteiger partial charge in [-0.05, 0) is 37.1 Å². The summed E-state index contributed by atoms with van der Waals surface area (Å²) >= 11 is 0. The molecule has 0 amide bonds. The largest absolute Gasteiger partial charge is 0.477 e. The zero-order valence-corrected chi connectivity index (χ0v) is 10.7. The highest BCUT2D eigenvalue weighted by molar-refractivity contribution is 5.92. The van der Waals surface area contributed by atoms with Crippen LogP contribution in [0.1, 0.15) is 22.3 Å². The van der Waals surface area contributed by atoms with Gasteiger partial charge >= 0.3 is 5.97 Å². The SMILES string of the molecule is Cn1cc(C(=O)O)c(=O)c2cc(CCCN)ccc21. The maximum absolute atomic E-state index is 12.1. The normalized spacial score (nSPS) is 10.8. The third-order valence-electron chi connectivity index (χ3n) is 3.15. The van der Waals surface area contributed by atoms with E-state index in [0.717, 1.165) is 23.9 Å². The van der Waals surface area contributed by atoms with Gasteiger partial charge in [-0.1, -0.05) is 6.07 Å². The third-order valence-corrected chi connectivity index (χ3v) is 3.15. The maximum atomic E-state index is 12.1. The van der Waals surface area contributed by atoms with Crippen LogP contribution in [0, 0.1) is 0 Å². The smallest absolute Gasteiger partial charge is 0.341 e. The number of benzene rings is 1. The second-order valence-corrected chi connectivity index (χ2v) is 4.53. The summed E-state index contributed by atoms with van der Waals surface area (Å²) < 4.78 is 1.66. The Kier molecular flexibility index (Phi) is 3.66. The maximum Gasteiger partial charge on any atom is 0.341 e. The lowest BCUT2D eigenvalue weighted by Crippen LogP contribution is -2.18. The number of fused-ring (bicyclic) bond motifs is 1. The zero-order valence-electron chi connectivity index (χ0n) is 10.7. The van der Waals surface area contributed by atoms with E-state index in [1.54, 1.807) is 17.7 Å². The molecular weight excluding hydrogens is 244 g/mol. The Balaban J connectivity index is 2.65. The summed E-state index contributed by atoms with van der Waals surface area (Å²) in [5.41, 5.74) is 6.55. The fourth-order valence-electron chi connectivity index (χ4n) is 2.15. The van der Waals surface area contributed by atoms with Crippen LogP contribution in [0.3, 0.4) is 0 Å². The van der Waals surface area contributed by atoms with Crippen LogP contribution in [0.5, 0.6) is 0 Å². The number of rotatable bonds is 4. The van der Waals surface area contributed by atoms with E-state index in [9.17, 15) is 9.59 Å². The molecule has 0 fully saturated rings. The van der Waals surface area contributed by atoms with Crippen molar-refractivity contribution in [2.45, 2.75) is 12.8 Å². The number of nitrogens with zero attached hydrogens (tertiary/aromatic N) is 1. The van der Waals surface area contributed by atoms with Gasteiger partial charge in [-0.15, -0.1) is 0 Å². The Morgan fingerprint density at radius 2 is 2.16 bits per heavy atom. The zero-order chi connectivity index (χ0) is 14.0. The molecule has 0 spiro atoms. The predicted octanol–water partition coefficient (Wildman–Crippen LogP) is 1.13. The van der Waals surface area contributed by atoms with Gasteiger partial charge in [0.15, 0.2) is 0 Å². The van der Waals surface area contributed by atoms with E-state index in [2.05, 4.69) is 0 Å². The van der Waals surface area contributed by atoms with Gasteiger partial charge in [0.05, 0.1) is 5.52 Å². The quantitative estimate of drug-likeness (QED) is 0.862. The topological polar surface area (TPSA) is 85.3 Å². The average molecular weight is 260 g/mol. The van der Waals surface area contributed by atoms with Crippen LogP contribution in [-0.2, 0) is 13.5 Å². The second-order valence-electron chi connectivity index (χ2n) is 4.53. The fourth-order valence-corrected chi connectivity index (χ4v) is 2.15. The fraction of sp³-hybridized carbons (Fsp3) is 0.286. The highest BCUT2D eigenvalue weighted by Gasteiger charge is 2.13. The van der Waals surface area contributed by atoms with Gasteiger partial charge in [-0.3, -0.25) is 4.79 Å². The van der Waals surface area contributed by atoms with E-state index in [1.165, 1.54) is 6.20 Å². The van der Waals surface area contributed by atoms with Crippen molar-refractivity contribution in [3.05, 3.63) is 45.7 Å². The number of nitrogens with two attached hydrogens (primary N) is 1. The minimum atomic E-state index is -1.20. The molecule has 0 aliphatic rings. The van der Waals surface area contributed by atoms with Crippen LogP contribution in [-0.4, -0.2) is 22.2 Å². The van der Waals surface area contributed by atoms with E-state index in [4.69, 9.17) is 10.8 Å². The number of hydrogen-bond donors (Lipinski definition) is 2. The van der Waals surface area contributed by atoms with Gasteiger partial charge in [0, 0.05) is 18.6 Å². The molecule has 2 rings (SSSR count). The van der Waals surface area contributed by atoms with Gasteiger partial charge < -0.3 is 15.4 Å². The molecule has 2 aromatic rings. The molecule has 5 heteroatoms. The number of aromatic carboxylic acids is 1. The summed E-state index contributed by atoms with van der Waals surface area (Å²) in [4.78, 5) is 23.2. The molecule has 19 heavy (non-hydrogen) atoms. The molecular formula is C14H16N2O3. The predicted molar refractivity (Wildman–Crippen MR) is 73.5 cm³/mol. The van der Waals surface area contributed by atoms with Crippen LogP contribution in [0.2, 0.25) is 0 Å². The molecule has 0 radical (unpaired) electrons. The summed E-state index contributed by atoms with van der Waals surface area (Å²) in [6, 6.07) is 5.55. The van der Waals surface area contributed by atoms with Gasteiger partial charge in [-0.25, -0.2) is 4.79 Å². The van der Waals surface area contributed by atoms with Crippen molar-refractivity contribution in [2.24, 2.45) is 12.8 Å². The summed E-state index contributed by atoms with van der Waals surface area (Å²) in [5, 5.41) is 9.47. The van der Waals surface area contributed by atoms with Crippen molar-refractivity contribution < 1.29 is 9.90 Å². The Morgan fingerprint density at radius 3 is 2.79 bits per heavy atom. The van der Waals surface area contributed by atoms with E-state index < -0.39 is 11.4 Å². The minimum absolute atomic E-state index is 0.203. The molecule has 0 atom stereocenters. The van der Waals surface area contributed by atoms with Crippen LogP contribution in [0.15, 0.2) is 29.2 Å². The number of hydrogen-bond acceptors (Lipinski definition) is 3. The molecule has 0 aliphatic heterocycles. The molecule has 5 nitrogen and oxygen atoms in total. The number of carboxylic acids is 1. The van der Waals surface area contributed by atoms with Crippen molar-refractivity contribution in [1.82, 2.24) is 4.57 Å². The molecule has 0 aliphatic carbocycles. The van der Waals surface area contributed by atoms with Crippen LogP contribution in [0.4, 0.5) is 0 Å². The van der Waals surface area contributed by atoms with Crippen LogP contribution in [0.25, 0.3) is 10.9 Å².